The minimum atomic E-state index is -2.23. The lowest BCUT2D eigenvalue weighted by molar-refractivity contribution is 0.181. The van der Waals surface area contributed by atoms with Crippen molar-refractivity contribution < 1.29 is 8.78 Å². The van der Waals surface area contributed by atoms with E-state index in [0.717, 1.165) is 6.42 Å². The third-order valence-corrected chi connectivity index (χ3v) is 0.414. The Balaban J connectivity index is 2.63. The van der Waals surface area contributed by atoms with Crippen molar-refractivity contribution in [2.45, 2.75) is 19.8 Å². The monoisotopic (exact) mass is 93.1 g/mol. The Labute approximate surface area is 36.2 Å². The van der Waals surface area contributed by atoms with Gasteiger partial charge in [-0.15, -0.1) is 0 Å². The fourth-order valence-corrected chi connectivity index (χ4v) is 0.178. The third kappa shape index (κ3) is 3.86. The van der Waals surface area contributed by atoms with Crippen LogP contribution < -0.4 is 0 Å². The van der Waals surface area contributed by atoms with Gasteiger partial charge in [0.2, 0.25) is 6.43 Å². The lowest BCUT2D eigenvalue weighted by Crippen LogP contribution is -1.86. The molecule has 0 atom stereocenters. The summed E-state index contributed by atoms with van der Waals surface area (Å²) in [4.78, 5) is 0. The van der Waals surface area contributed by atoms with E-state index in [9.17, 15) is 8.78 Å². The Hall–Kier alpha value is -0.140. The molecule has 0 aromatic carbocycles. The van der Waals surface area contributed by atoms with Crippen LogP contribution in [0.2, 0.25) is 0 Å². The van der Waals surface area contributed by atoms with Crippen LogP contribution in [0.5, 0.6) is 0 Å². The molecule has 0 N–H and O–H groups in total. The first-order chi connectivity index (χ1) is 2.77. The summed E-state index contributed by atoms with van der Waals surface area (Å²) < 4.78 is 22.0. The van der Waals surface area contributed by atoms with Crippen molar-refractivity contribution in [1.82, 2.24) is 0 Å². The molecule has 0 saturated heterocycles. The Morgan fingerprint density at radius 3 is 2.17 bits per heavy atom. The second kappa shape index (κ2) is 3.07. The van der Waals surface area contributed by atoms with E-state index in [0.29, 0.717) is 6.42 Å². The first-order valence-electron chi connectivity index (χ1n) is 1.89. The van der Waals surface area contributed by atoms with Crippen molar-refractivity contribution in [3.05, 3.63) is 6.42 Å². The van der Waals surface area contributed by atoms with Gasteiger partial charge in [-0.2, -0.15) is 0 Å². The first-order valence-corrected chi connectivity index (χ1v) is 1.89. The van der Waals surface area contributed by atoms with Gasteiger partial charge >= 0.3 is 0 Å². The van der Waals surface area contributed by atoms with E-state index < -0.39 is 6.43 Å². The SMILES string of the molecule is CC[CH]C(F)F. The van der Waals surface area contributed by atoms with Crippen LogP contribution in [0, 0.1) is 6.42 Å². The number of rotatable bonds is 2. The number of hydrogen-bond donors (Lipinski definition) is 0. The molecule has 0 aromatic heterocycles. The van der Waals surface area contributed by atoms with Crippen LogP contribution in [0.3, 0.4) is 0 Å². The van der Waals surface area contributed by atoms with Crippen LogP contribution in [-0.4, -0.2) is 6.43 Å². The molecule has 2 heteroatoms. The Kier molecular flexibility index (Phi) is 2.99. The smallest absolute Gasteiger partial charge is 0.210 e. The van der Waals surface area contributed by atoms with Gasteiger partial charge < -0.3 is 0 Å². The van der Waals surface area contributed by atoms with Crippen molar-refractivity contribution in [3.8, 4) is 0 Å². The highest BCUT2D eigenvalue weighted by Crippen LogP contribution is 1.98. The van der Waals surface area contributed by atoms with E-state index in [1.54, 1.807) is 6.92 Å². The van der Waals surface area contributed by atoms with Crippen LogP contribution in [0.4, 0.5) is 8.78 Å². The quantitative estimate of drug-likeness (QED) is 0.488. The summed E-state index contributed by atoms with van der Waals surface area (Å²) in [6.45, 7) is 1.69. The highest BCUT2D eigenvalue weighted by atomic mass is 19.3. The average molecular weight is 93.1 g/mol. The highest BCUT2D eigenvalue weighted by molar-refractivity contribution is 4.62. The molecule has 0 spiro atoms. The summed E-state index contributed by atoms with van der Waals surface area (Å²) in [5.41, 5.74) is 0. The molecule has 0 aliphatic rings. The molecule has 0 nitrogen and oxygen atoms in total. The molecular formula is C4H7F2. The van der Waals surface area contributed by atoms with Gasteiger partial charge in [0, 0.05) is 6.42 Å². The fourth-order valence-electron chi connectivity index (χ4n) is 0.178. The van der Waals surface area contributed by atoms with E-state index in [1.165, 1.54) is 0 Å². The zero-order valence-corrected chi connectivity index (χ0v) is 3.62. The molecule has 6 heavy (non-hydrogen) atoms. The van der Waals surface area contributed by atoms with Gasteiger partial charge in [-0.05, 0) is 6.42 Å². The third-order valence-electron chi connectivity index (χ3n) is 0.414. The Bertz CT molecular complexity index is 26.7. The van der Waals surface area contributed by atoms with Gasteiger partial charge in [-0.3, -0.25) is 0 Å². The lowest BCUT2D eigenvalue weighted by Gasteiger charge is -1.87. The van der Waals surface area contributed by atoms with Crippen molar-refractivity contribution in [1.29, 1.82) is 0 Å². The number of halogens is 2. The van der Waals surface area contributed by atoms with Crippen LogP contribution in [0.15, 0.2) is 0 Å². The second-order valence-corrected chi connectivity index (χ2v) is 0.978. The molecule has 0 aliphatic heterocycles. The topological polar surface area (TPSA) is 0 Å². The predicted molar refractivity (Wildman–Crippen MR) is 20.6 cm³/mol. The summed E-state index contributed by atoms with van der Waals surface area (Å²) >= 11 is 0. The Morgan fingerprint density at radius 1 is 1.67 bits per heavy atom. The average Bonchev–Trinajstić information content (AvgIpc) is 1.35. The minimum absolute atomic E-state index is 0.456. The normalized spacial score (nSPS) is 10.0. The van der Waals surface area contributed by atoms with E-state index in [1.807, 2.05) is 0 Å². The van der Waals surface area contributed by atoms with E-state index >= 15 is 0 Å². The molecule has 0 aromatic rings. The molecule has 37 valence electrons. The van der Waals surface area contributed by atoms with Gasteiger partial charge in [0.05, 0.1) is 0 Å². The second-order valence-electron chi connectivity index (χ2n) is 0.978. The number of alkyl halides is 2. The molecule has 1 radical (unpaired) electrons. The van der Waals surface area contributed by atoms with E-state index in [-0.39, 0.29) is 0 Å². The molecule has 0 fully saturated rings. The standard InChI is InChI=1S/C4H7F2/c1-2-3-4(5)6/h3-4H,2H2,1H3. The van der Waals surface area contributed by atoms with Crippen molar-refractivity contribution >= 4 is 0 Å². The molecule has 0 amide bonds. The van der Waals surface area contributed by atoms with E-state index in [4.69, 9.17) is 0 Å². The largest absolute Gasteiger partial charge is 0.241 e. The number of hydrogen-bond acceptors (Lipinski definition) is 0. The van der Waals surface area contributed by atoms with Gasteiger partial charge in [-0.25, -0.2) is 8.78 Å². The highest BCUT2D eigenvalue weighted by Gasteiger charge is 1.96. The maximum absolute atomic E-state index is 11.0. The van der Waals surface area contributed by atoms with Gasteiger partial charge in [0.15, 0.2) is 0 Å². The van der Waals surface area contributed by atoms with E-state index in [2.05, 4.69) is 0 Å². The van der Waals surface area contributed by atoms with Crippen molar-refractivity contribution in [2.24, 2.45) is 0 Å². The molecule has 0 heterocycles. The molecular weight excluding hydrogens is 86.0 g/mol. The van der Waals surface area contributed by atoms with Crippen LogP contribution in [0.1, 0.15) is 13.3 Å². The van der Waals surface area contributed by atoms with Crippen LogP contribution in [0.25, 0.3) is 0 Å². The fraction of sp³-hybridized carbons (Fsp3) is 0.750. The molecule has 0 saturated carbocycles. The summed E-state index contributed by atoms with van der Waals surface area (Å²) in [5, 5.41) is 0. The molecule has 0 rings (SSSR count). The maximum Gasteiger partial charge on any atom is 0.241 e. The molecule has 0 bridgehead atoms. The van der Waals surface area contributed by atoms with Gasteiger partial charge in [-0.1, -0.05) is 6.92 Å². The van der Waals surface area contributed by atoms with Gasteiger partial charge in [0.25, 0.3) is 0 Å². The van der Waals surface area contributed by atoms with Crippen molar-refractivity contribution in [2.75, 3.05) is 0 Å². The maximum atomic E-state index is 11.0. The van der Waals surface area contributed by atoms with Gasteiger partial charge in [0.1, 0.15) is 0 Å². The summed E-state index contributed by atoms with van der Waals surface area (Å²) in [6, 6.07) is 0. The van der Waals surface area contributed by atoms with Crippen molar-refractivity contribution in [3.63, 3.8) is 0 Å². The summed E-state index contributed by atoms with van der Waals surface area (Å²) in [5.74, 6) is 0. The molecule has 0 aliphatic carbocycles. The summed E-state index contributed by atoms with van der Waals surface area (Å²) in [6.07, 6.45) is -0.812. The zero-order chi connectivity index (χ0) is 4.99. The lowest BCUT2D eigenvalue weighted by atomic mass is 10.4. The molecule has 0 unspecified atom stereocenters. The van der Waals surface area contributed by atoms with Crippen LogP contribution >= 0.6 is 0 Å². The zero-order valence-electron chi connectivity index (χ0n) is 3.62. The Morgan fingerprint density at radius 2 is 2.17 bits per heavy atom. The predicted octanol–water partition coefficient (Wildman–Crippen LogP) is 1.87. The van der Waals surface area contributed by atoms with Crippen LogP contribution in [-0.2, 0) is 0 Å². The summed E-state index contributed by atoms with van der Waals surface area (Å²) in [7, 11) is 0. The minimum Gasteiger partial charge on any atom is -0.210 e. The first kappa shape index (κ1) is 5.86.